The van der Waals surface area contributed by atoms with E-state index in [4.69, 9.17) is 5.73 Å². The molecule has 17 heavy (non-hydrogen) atoms. The molecule has 0 saturated carbocycles. The molecular weight excluding hydrogens is 215 g/mol. The average molecular weight is 230 g/mol. The van der Waals surface area contributed by atoms with Crippen LogP contribution in [0.3, 0.4) is 0 Å². The van der Waals surface area contributed by atoms with Gasteiger partial charge in [-0.2, -0.15) is 0 Å². The van der Waals surface area contributed by atoms with Crippen LogP contribution in [-0.4, -0.2) is 4.98 Å². The van der Waals surface area contributed by atoms with E-state index in [0.717, 1.165) is 22.5 Å². The Labute approximate surface area is 100 Å². The van der Waals surface area contributed by atoms with Gasteiger partial charge in [-0.25, -0.2) is 4.39 Å². The Bertz CT molecular complexity index is 518. The largest absolute Gasteiger partial charge is 0.398 e. The van der Waals surface area contributed by atoms with Crippen LogP contribution in [0.25, 0.3) is 11.3 Å². The van der Waals surface area contributed by atoms with Gasteiger partial charge < -0.3 is 5.73 Å². The summed E-state index contributed by atoms with van der Waals surface area (Å²) in [5.41, 5.74) is 9.38. The molecule has 88 valence electrons. The van der Waals surface area contributed by atoms with Crippen molar-refractivity contribution in [3.8, 4) is 11.3 Å². The fraction of sp³-hybridized carbons (Fsp3) is 0.214. The Morgan fingerprint density at radius 1 is 1.18 bits per heavy atom. The molecule has 1 heterocycles. The molecule has 2 aromatic rings. The lowest BCUT2D eigenvalue weighted by Gasteiger charge is -2.10. The maximum absolute atomic E-state index is 12.8. The fourth-order valence-corrected chi connectivity index (χ4v) is 1.74. The smallest absolute Gasteiger partial charge is 0.123 e. The van der Waals surface area contributed by atoms with E-state index in [0.29, 0.717) is 5.92 Å². The van der Waals surface area contributed by atoms with Gasteiger partial charge in [0, 0.05) is 17.4 Å². The molecule has 0 aliphatic carbocycles. The molecule has 0 amide bonds. The number of benzene rings is 1. The molecule has 0 bridgehead atoms. The molecule has 0 radical (unpaired) electrons. The van der Waals surface area contributed by atoms with Crippen molar-refractivity contribution in [3.63, 3.8) is 0 Å². The number of nitrogens with two attached hydrogens (primary N) is 1. The Balaban J connectivity index is 2.41. The minimum Gasteiger partial charge on any atom is -0.398 e. The normalized spacial score (nSPS) is 10.8. The summed E-state index contributed by atoms with van der Waals surface area (Å²) in [6, 6.07) is 8.08. The van der Waals surface area contributed by atoms with Gasteiger partial charge in [-0.1, -0.05) is 13.8 Å². The molecule has 0 atom stereocenters. The van der Waals surface area contributed by atoms with Crippen molar-refractivity contribution in [1.29, 1.82) is 0 Å². The molecule has 2 N–H and O–H groups in total. The minimum absolute atomic E-state index is 0.250. The maximum Gasteiger partial charge on any atom is 0.123 e. The highest BCUT2D eigenvalue weighted by Gasteiger charge is 2.07. The van der Waals surface area contributed by atoms with E-state index >= 15 is 0 Å². The molecule has 3 heteroatoms. The van der Waals surface area contributed by atoms with Gasteiger partial charge in [-0.05, 0) is 41.8 Å². The summed E-state index contributed by atoms with van der Waals surface area (Å²) in [5, 5.41) is 0. The summed E-state index contributed by atoms with van der Waals surface area (Å²) < 4.78 is 12.8. The number of nitrogen functional groups attached to an aromatic ring is 1. The molecule has 0 spiro atoms. The third kappa shape index (κ3) is 2.44. The van der Waals surface area contributed by atoms with Crippen molar-refractivity contribution in [2.45, 2.75) is 19.8 Å². The lowest BCUT2D eigenvalue weighted by atomic mass is 10.0. The monoisotopic (exact) mass is 230 g/mol. The first-order valence-corrected chi connectivity index (χ1v) is 5.59. The van der Waals surface area contributed by atoms with Gasteiger partial charge in [0.2, 0.25) is 0 Å². The van der Waals surface area contributed by atoms with Crippen molar-refractivity contribution in [1.82, 2.24) is 4.98 Å². The van der Waals surface area contributed by atoms with Crippen LogP contribution >= 0.6 is 0 Å². The highest BCUT2D eigenvalue weighted by molar-refractivity contribution is 5.65. The van der Waals surface area contributed by atoms with Gasteiger partial charge in [0.25, 0.3) is 0 Å². The highest BCUT2D eigenvalue weighted by Crippen LogP contribution is 2.25. The van der Waals surface area contributed by atoms with Crippen LogP contribution in [0.4, 0.5) is 10.1 Å². The van der Waals surface area contributed by atoms with Crippen LogP contribution in [0.2, 0.25) is 0 Å². The van der Waals surface area contributed by atoms with Gasteiger partial charge in [0.05, 0.1) is 5.69 Å². The van der Waals surface area contributed by atoms with Crippen LogP contribution in [-0.2, 0) is 0 Å². The van der Waals surface area contributed by atoms with Crippen LogP contribution in [0, 0.1) is 5.82 Å². The van der Waals surface area contributed by atoms with Crippen molar-refractivity contribution < 1.29 is 4.39 Å². The summed E-state index contributed by atoms with van der Waals surface area (Å²) in [5.74, 6) is 0.102. The zero-order chi connectivity index (χ0) is 12.4. The van der Waals surface area contributed by atoms with E-state index < -0.39 is 0 Å². The molecule has 1 aromatic heterocycles. The zero-order valence-electron chi connectivity index (χ0n) is 9.94. The number of halogens is 1. The fourth-order valence-electron chi connectivity index (χ4n) is 1.74. The summed E-state index contributed by atoms with van der Waals surface area (Å²) in [6.45, 7) is 4.15. The number of pyridine rings is 1. The highest BCUT2D eigenvalue weighted by atomic mass is 19.1. The van der Waals surface area contributed by atoms with Gasteiger partial charge in [0.1, 0.15) is 5.82 Å². The van der Waals surface area contributed by atoms with Crippen molar-refractivity contribution in [2.24, 2.45) is 0 Å². The summed E-state index contributed by atoms with van der Waals surface area (Å²) >= 11 is 0. The van der Waals surface area contributed by atoms with Gasteiger partial charge in [0.15, 0.2) is 0 Å². The predicted octanol–water partition coefficient (Wildman–Crippen LogP) is 3.59. The summed E-state index contributed by atoms with van der Waals surface area (Å²) in [6.07, 6.45) is 1.79. The maximum atomic E-state index is 12.8. The van der Waals surface area contributed by atoms with E-state index in [1.165, 1.54) is 12.1 Å². The second-order valence-electron chi connectivity index (χ2n) is 4.36. The Morgan fingerprint density at radius 2 is 1.82 bits per heavy atom. The van der Waals surface area contributed by atoms with Crippen LogP contribution in [0.15, 0.2) is 36.5 Å². The zero-order valence-corrected chi connectivity index (χ0v) is 9.94. The third-order valence-corrected chi connectivity index (χ3v) is 2.73. The van der Waals surface area contributed by atoms with E-state index in [-0.39, 0.29) is 5.82 Å². The Morgan fingerprint density at radius 3 is 2.35 bits per heavy atom. The first kappa shape index (κ1) is 11.6. The second-order valence-corrected chi connectivity index (χ2v) is 4.36. The van der Waals surface area contributed by atoms with Crippen molar-refractivity contribution in [3.05, 3.63) is 47.9 Å². The molecule has 0 aliphatic heterocycles. The topological polar surface area (TPSA) is 38.9 Å². The number of anilines is 1. The number of hydrogen-bond acceptors (Lipinski definition) is 2. The van der Waals surface area contributed by atoms with Crippen molar-refractivity contribution in [2.75, 3.05) is 5.73 Å². The van der Waals surface area contributed by atoms with E-state index in [2.05, 4.69) is 18.8 Å². The lowest BCUT2D eigenvalue weighted by Crippen LogP contribution is -1.98. The molecular formula is C14H15FN2. The molecule has 2 rings (SSSR count). The summed E-state index contributed by atoms with van der Waals surface area (Å²) in [7, 11) is 0. The molecule has 0 fully saturated rings. The van der Waals surface area contributed by atoms with Crippen LogP contribution in [0.5, 0.6) is 0 Å². The predicted molar refractivity (Wildman–Crippen MR) is 68.1 cm³/mol. The third-order valence-electron chi connectivity index (χ3n) is 2.73. The first-order valence-electron chi connectivity index (χ1n) is 5.59. The second kappa shape index (κ2) is 4.53. The number of rotatable bonds is 2. The van der Waals surface area contributed by atoms with Gasteiger partial charge >= 0.3 is 0 Å². The number of nitrogens with zero attached hydrogens (tertiary/aromatic N) is 1. The summed E-state index contributed by atoms with van der Waals surface area (Å²) in [4.78, 5) is 4.36. The molecule has 0 aliphatic rings. The average Bonchev–Trinajstić information content (AvgIpc) is 2.29. The van der Waals surface area contributed by atoms with E-state index in [1.807, 2.05) is 6.07 Å². The SMILES string of the molecule is CC(C)c1cnc(-c2ccc(F)cc2)cc1N. The Kier molecular flexibility index (Phi) is 3.09. The van der Waals surface area contributed by atoms with Crippen LogP contribution < -0.4 is 5.73 Å². The minimum atomic E-state index is -0.250. The van der Waals surface area contributed by atoms with E-state index in [9.17, 15) is 4.39 Å². The standard InChI is InChI=1S/C14H15FN2/c1-9(2)12-8-17-14(7-13(12)16)10-3-5-11(15)6-4-10/h3-9H,1-2H3,(H2,16,17). The number of aromatic nitrogens is 1. The van der Waals surface area contributed by atoms with Crippen molar-refractivity contribution >= 4 is 5.69 Å². The lowest BCUT2D eigenvalue weighted by molar-refractivity contribution is 0.628. The van der Waals surface area contributed by atoms with Gasteiger partial charge in [-0.15, -0.1) is 0 Å². The van der Waals surface area contributed by atoms with E-state index in [1.54, 1.807) is 18.3 Å². The molecule has 0 unspecified atom stereocenters. The molecule has 1 aromatic carbocycles. The first-order chi connectivity index (χ1) is 8.08. The molecule has 2 nitrogen and oxygen atoms in total. The Hall–Kier alpha value is -1.90. The van der Waals surface area contributed by atoms with Crippen LogP contribution in [0.1, 0.15) is 25.3 Å². The molecule has 0 saturated heterocycles. The van der Waals surface area contributed by atoms with Gasteiger partial charge in [-0.3, -0.25) is 4.98 Å². The number of hydrogen-bond donors (Lipinski definition) is 1. The quantitative estimate of drug-likeness (QED) is 0.856.